The number of hydrogen-bond acceptors (Lipinski definition) is 3. The molecule has 1 aliphatic carbocycles. The van der Waals surface area contributed by atoms with E-state index in [2.05, 4.69) is 0 Å². The Morgan fingerprint density at radius 2 is 2.12 bits per heavy atom. The molecule has 1 atom stereocenters. The monoisotopic (exact) mass is 220 g/mol. The van der Waals surface area contributed by atoms with Crippen LogP contribution in [0.5, 0.6) is 0 Å². The van der Waals surface area contributed by atoms with E-state index in [0.717, 1.165) is 26.1 Å². The summed E-state index contributed by atoms with van der Waals surface area (Å²) in [7, 11) is 0. The number of allylic oxidation sites excluding steroid dienone is 5. The zero-order valence-electron chi connectivity index (χ0n) is 9.17. The van der Waals surface area contributed by atoms with Crippen LogP contribution in [0.3, 0.4) is 0 Å². The summed E-state index contributed by atoms with van der Waals surface area (Å²) < 4.78 is 10.8. The molecule has 16 heavy (non-hydrogen) atoms. The fraction of sp³-hybridized carbons (Fsp3) is 0.462. The topological polar surface area (TPSA) is 35.5 Å². The van der Waals surface area contributed by atoms with Gasteiger partial charge in [0.2, 0.25) is 0 Å². The van der Waals surface area contributed by atoms with Gasteiger partial charge in [-0.2, -0.15) is 0 Å². The van der Waals surface area contributed by atoms with Gasteiger partial charge >= 0.3 is 0 Å². The van der Waals surface area contributed by atoms with Crippen molar-refractivity contribution >= 4 is 5.78 Å². The Morgan fingerprint density at radius 1 is 1.31 bits per heavy atom. The Balaban J connectivity index is 1.78. The first-order chi connectivity index (χ1) is 7.86. The van der Waals surface area contributed by atoms with E-state index in [0.29, 0.717) is 0 Å². The summed E-state index contributed by atoms with van der Waals surface area (Å²) in [4.78, 5) is 11.4. The lowest BCUT2D eigenvalue weighted by atomic mass is 10.00. The molecule has 0 bridgehead atoms. The molecule has 2 aliphatic rings. The number of rotatable bonds is 3. The van der Waals surface area contributed by atoms with Gasteiger partial charge in [-0.15, -0.1) is 0 Å². The zero-order chi connectivity index (χ0) is 11.2. The Bertz CT molecular complexity index is 322. The first kappa shape index (κ1) is 11.1. The van der Waals surface area contributed by atoms with Crippen molar-refractivity contribution in [1.29, 1.82) is 0 Å². The van der Waals surface area contributed by atoms with E-state index in [1.165, 1.54) is 0 Å². The van der Waals surface area contributed by atoms with Gasteiger partial charge in [-0.1, -0.05) is 18.2 Å². The predicted molar refractivity (Wildman–Crippen MR) is 60.8 cm³/mol. The van der Waals surface area contributed by atoms with Crippen LogP contribution in [0.1, 0.15) is 12.8 Å². The number of carbonyl (C=O) groups excluding carboxylic acids is 1. The molecule has 0 aromatic heterocycles. The molecule has 0 radical (unpaired) electrons. The summed E-state index contributed by atoms with van der Waals surface area (Å²) in [5.74, 6) is -0.0563. The average molecular weight is 220 g/mol. The molecular weight excluding hydrogens is 204 g/mol. The van der Waals surface area contributed by atoms with Gasteiger partial charge in [0, 0.05) is 12.8 Å². The molecule has 0 aromatic carbocycles. The summed E-state index contributed by atoms with van der Waals surface area (Å²) in [5.41, 5.74) is 0. The predicted octanol–water partition coefficient (Wildman–Crippen LogP) is 2.01. The van der Waals surface area contributed by atoms with Gasteiger partial charge < -0.3 is 9.47 Å². The molecule has 0 aromatic rings. The van der Waals surface area contributed by atoms with Crippen LogP contribution in [0.4, 0.5) is 0 Å². The molecule has 1 unspecified atom stereocenters. The highest BCUT2D eigenvalue weighted by molar-refractivity contribution is 5.95. The third-order valence-electron chi connectivity index (χ3n) is 2.74. The molecule has 1 aliphatic heterocycles. The zero-order valence-corrected chi connectivity index (χ0v) is 9.17. The Hall–Kier alpha value is -1.35. The Morgan fingerprint density at radius 3 is 2.88 bits per heavy atom. The molecular formula is C13H16O3. The van der Waals surface area contributed by atoms with Gasteiger partial charge in [0.1, 0.15) is 6.10 Å². The first-order valence-corrected chi connectivity index (χ1v) is 5.65. The van der Waals surface area contributed by atoms with E-state index >= 15 is 0 Å². The molecule has 1 saturated heterocycles. The van der Waals surface area contributed by atoms with Crippen molar-refractivity contribution in [2.24, 2.45) is 5.92 Å². The van der Waals surface area contributed by atoms with Crippen molar-refractivity contribution in [3.05, 3.63) is 36.6 Å². The second-order valence-corrected chi connectivity index (χ2v) is 3.95. The summed E-state index contributed by atoms with van der Waals surface area (Å²) in [6.45, 7) is 1.53. The van der Waals surface area contributed by atoms with Crippen LogP contribution in [-0.2, 0) is 14.3 Å². The highest BCUT2D eigenvalue weighted by Gasteiger charge is 2.14. The quantitative estimate of drug-likeness (QED) is 0.682. The molecule has 1 fully saturated rings. The fourth-order valence-electron chi connectivity index (χ4n) is 1.75. The van der Waals surface area contributed by atoms with Crippen LogP contribution in [0, 0.1) is 5.92 Å². The van der Waals surface area contributed by atoms with E-state index in [-0.39, 0.29) is 17.8 Å². The lowest BCUT2D eigenvalue weighted by Gasteiger charge is -2.21. The minimum atomic E-state index is -0.162. The van der Waals surface area contributed by atoms with E-state index in [4.69, 9.17) is 9.47 Å². The Labute approximate surface area is 95.4 Å². The average Bonchev–Trinajstić information content (AvgIpc) is 2.33. The lowest BCUT2D eigenvalue weighted by molar-refractivity contribution is -0.116. The van der Waals surface area contributed by atoms with E-state index in [9.17, 15) is 4.79 Å². The summed E-state index contributed by atoms with van der Waals surface area (Å²) in [6, 6.07) is 0. The molecule has 0 saturated carbocycles. The lowest BCUT2D eigenvalue weighted by Crippen LogP contribution is -2.21. The molecule has 0 amide bonds. The van der Waals surface area contributed by atoms with Gasteiger partial charge in [-0.3, -0.25) is 4.79 Å². The summed E-state index contributed by atoms with van der Waals surface area (Å²) >= 11 is 0. The molecule has 0 spiro atoms. The van der Waals surface area contributed by atoms with Crippen LogP contribution in [-0.4, -0.2) is 25.1 Å². The maximum Gasteiger partial charge on any atom is 0.166 e. The molecule has 3 heteroatoms. The third-order valence-corrected chi connectivity index (χ3v) is 2.74. The maximum atomic E-state index is 11.4. The molecule has 3 nitrogen and oxygen atoms in total. The van der Waals surface area contributed by atoms with E-state index in [1.807, 2.05) is 12.2 Å². The fourth-order valence-corrected chi connectivity index (χ4v) is 1.75. The van der Waals surface area contributed by atoms with Crippen molar-refractivity contribution in [2.75, 3.05) is 13.2 Å². The van der Waals surface area contributed by atoms with Crippen LogP contribution < -0.4 is 0 Å². The van der Waals surface area contributed by atoms with Crippen molar-refractivity contribution in [2.45, 2.75) is 18.9 Å². The summed E-state index contributed by atoms with van der Waals surface area (Å²) in [6.07, 6.45) is 12.6. The standard InChI is InChI=1S/C13H16O3/c14-13-4-2-1-3-11(13)5-10-16-12-6-8-15-9-7-12/h1-5,10-12H,6-9H2. The van der Waals surface area contributed by atoms with Gasteiger partial charge in [0.05, 0.1) is 25.4 Å². The third kappa shape index (κ3) is 3.07. The highest BCUT2D eigenvalue weighted by atomic mass is 16.5. The number of carbonyl (C=O) groups is 1. The van der Waals surface area contributed by atoms with Crippen molar-refractivity contribution in [3.63, 3.8) is 0 Å². The van der Waals surface area contributed by atoms with Crippen LogP contribution in [0.25, 0.3) is 0 Å². The first-order valence-electron chi connectivity index (χ1n) is 5.65. The normalized spacial score (nSPS) is 26.5. The van der Waals surface area contributed by atoms with E-state index < -0.39 is 0 Å². The van der Waals surface area contributed by atoms with E-state index in [1.54, 1.807) is 24.5 Å². The summed E-state index contributed by atoms with van der Waals surface area (Å²) in [5, 5.41) is 0. The van der Waals surface area contributed by atoms with Crippen molar-refractivity contribution in [1.82, 2.24) is 0 Å². The second kappa shape index (κ2) is 5.66. The van der Waals surface area contributed by atoms with Gasteiger partial charge in [-0.05, 0) is 12.2 Å². The molecule has 0 N–H and O–H groups in total. The van der Waals surface area contributed by atoms with Gasteiger partial charge in [0.25, 0.3) is 0 Å². The minimum absolute atomic E-state index is 0.106. The number of hydrogen-bond donors (Lipinski definition) is 0. The van der Waals surface area contributed by atoms with Crippen molar-refractivity contribution in [3.8, 4) is 0 Å². The molecule has 1 heterocycles. The van der Waals surface area contributed by atoms with Gasteiger partial charge in [0.15, 0.2) is 5.78 Å². The number of ketones is 1. The smallest absolute Gasteiger partial charge is 0.166 e. The largest absolute Gasteiger partial charge is 0.498 e. The maximum absolute atomic E-state index is 11.4. The Kier molecular flexibility index (Phi) is 3.94. The highest BCUT2D eigenvalue weighted by Crippen LogP contribution is 2.13. The van der Waals surface area contributed by atoms with Crippen LogP contribution in [0.2, 0.25) is 0 Å². The van der Waals surface area contributed by atoms with Crippen LogP contribution in [0.15, 0.2) is 36.6 Å². The van der Waals surface area contributed by atoms with Gasteiger partial charge in [-0.25, -0.2) is 0 Å². The number of ether oxygens (including phenoxy) is 2. The second-order valence-electron chi connectivity index (χ2n) is 3.95. The minimum Gasteiger partial charge on any atom is -0.498 e. The van der Waals surface area contributed by atoms with Crippen molar-refractivity contribution < 1.29 is 14.3 Å². The molecule has 86 valence electrons. The molecule has 2 rings (SSSR count). The SMILES string of the molecule is O=C1C=CC=CC1C=COC1CCOCC1. The van der Waals surface area contributed by atoms with Crippen LogP contribution >= 0.6 is 0 Å².